The van der Waals surface area contributed by atoms with Crippen molar-refractivity contribution in [3.05, 3.63) is 23.9 Å². The Morgan fingerprint density at radius 3 is 2.37 bits per heavy atom. The monoisotopic (exact) mass is 263 g/mol. The highest BCUT2D eigenvalue weighted by Gasteiger charge is 2.22. The molecule has 0 aliphatic heterocycles. The number of pyridine rings is 1. The molecule has 1 N–H and O–H groups in total. The third kappa shape index (κ3) is 3.93. The lowest BCUT2D eigenvalue weighted by atomic mass is 9.88. The maximum absolute atomic E-state index is 9.12. The number of aromatic nitrogens is 1. The van der Waals surface area contributed by atoms with Gasteiger partial charge in [0.2, 0.25) is 5.88 Å². The lowest BCUT2D eigenvalue weighted by Crippen LogP contribution is -2.25. The van der Waals surface area contributed by atoms with Gasteiger partial charge in [0.1, 0.15) is 6.10 Å². The van der Waals surface area contributed by atoms with E-state index >= 15 is 0 Å². The van der Waals surface area contributed by atoms with E-state index in [2.05, 4.69) is 31.8 Å². The maximum atomic E-state index is 9.12. The van der Waals surface area contributed by atoms with Gasteiger partial charge in [0.05, 0.1) is 0 Å². The normalized spacial score (nSPS) is 24.2. The van der Waals surface area contributed by atoms with E-state index in [1.54, 1.807) is 0 Å². The van der Waals surface area contributed by atoms with Crippen LogP contribution in [0.2, 0.25) is 0 Å². The number of hydrogen-bond donors (Lipinski definition) is 1. The van der Waals surface area contributed by atoms with Gasteiger partial charge in [-0.25, -0.2) is 4.98 Å². The molecule has 0 amide bonds. The highest BCUT2D eigenvalue weighted by Crippen LogP contribution is 2.27. The van der Waals surface area contributed by atoms with Crippen LogP contribution in [-0.2, 0) is 5.41 Å². The number of aliphatic hydroxyl groups is 1. The second-order valence-corrected chi connectivity index (χ2v) is 6.58. The fourth-order valence-electron chi connectivity index (χ4n) is 2.50. The largest absolute Gasteiger partial charge is 0.474 e. The predicted molar refractivity (Wildman–Crippen MR) is 76.4 cm³/mol. The fourth-order valence-corrected chi connectivity index (χ4v) is 2.50. The molecule has 3 nitrogen and oxygen atoms in total. The second kappa shape index (κ2) is 5.91. The highest BCUT2D eigenvalue weighted by molar-refractivity contribution is 5.23. The van der Waals surface area contributed by atoms with Crippen LogP contribution in [0.4, 0.5) is 0 Å². The molecule has 0 spiro atoms. The zero-order valence-electron chi connectivity index (χ0n) is 12.2. The number of hydrogen-bond acceptors (Lipinski definition) is 3. The van der Waals surface area contributed by atoms with Gasteiger partial charge >= 0.3 is 0 Å². The molecule has 1 saturated carbocycles. The van der Waals surface area contributed by atoms with Crippen LogP contribution < -0.4 is 4.74 Å². The summed E-state index contributed by atoms with van der Waals surface area (Å²) in [4.78, 5) is 4.41. The summed E-state index contributed by atoms with van der Waals surface area (Å²) < 4.78 is 5.92. The first-order chi connectivity index (χ1) is 8.99. The molecule has 1 fully saturated rings. The van der Waals surface area contributed by atoms with Gasteiger partial charge in [-0.05, 0) is 42.6 Å². The Bertz CT molecular complexity index is 386. The minimum atomic E-state index is 0.130. The average Bonchev–Trinajstić information content (AvgIpc) is 2.39. The maximum Gasteiger partial charge on any atom is 0.213 e. The van der Waals surface area contributed by atoms with Crippen molar-refractivity contribution in [2.24, 2.45) is 5.92 Å². The van der Waals surface area contributed by atoms with Crippen LogP contribution in [0.1, 0.15) is 52.0 Å². The third-order valence-corrected chi connectivity index (χ3v) is 3.94. The molecule has 1 aliphatic rings. The smallest absolute Gasteiger partial charge is 0.213 e. The molecular formula is C16H25NO2. The lowest BCUT2D eigenvalue weighted by molar-refractivity contribution is 0.100. The number of nitrogens with zero attached hydrogens (tertiary/aromatic N) is 1. The van der Waals surface area contributed by atoms with Gasteiger partial charge in [0.15, 0.2) is 0 Å². The lowest BCUT2D eigenvalue weighted by Gasteiger charge is -2.27. The number of rotatable bonds is 3. The average molecular weight is 263 g/mol. The van der Waals surface area contributed by atoms with Crippen LogP contribution in [0.25, 0.3) is 0 Å². The topological polar surface area (TPSA) is 42.4 Å². The Balaban J connectivity index is 1.90. The van der Waals surface area contributed by atoms with Crippen LogP contribution in [0.15, 0.2) is 18.3 Å². The standard InChI is InChI=1S/C16H25NO2/c1-16(2,3)13-6-9-15(17-10-13)19-14-7-4-12(11-18)5-8-14/h6,9-10,12,14,18H,4-5,7-8,11H2,1-3H3. The van der Waals surface area contributed by atoms with Crippen LogP contribution >= 0.6 is 0 Å². The van der Waals surface area contributed by atoms with Gasteiger partial charge in [-0.2, -0.15) is 0 Å². The molecule has 0 atom stereocenters. The Hall–Kier alpha value is -1.09. The van der Waals surface area contributed by atoms with E-state index in [1.165, 1.54) is 5.56 Å². The summed E-state index contributed by atoms with van der Waals surface area (Å²) >= 11 is 0. The molecule has 0 unspecified atom stereocenters. The van der Waals surface area contributed by atoms with Gasteiger partial charge < -0.3 is 9.84 Å². The van der Waals surface area contributed by atoms with Crippen molar-refractivity contribution >= 4 is 0 Å². The minimum Gasteiger partial charge on any atom is -0.474 e. The molecule has 0 bridgehead atoms. The first kappa shape index (κ1) is 14.3. The van der Waals surface area contributed by atoms with E-state index in [-0.39, 0.29) is 11.5 Å². The zero-order chi connectivity index (χ0) is 13.9. The summed E-state index contributed by atoms with van der Waals surface area (Å²) in [6, 6.07) is 4.07. The molecule has 2 rings (SSSR count). The predicted octanol–water partition coefficient (Wildman–Crippen LogP) is 3.31. The molecule has 1 aliphatic carbocycles. The van der Waals surface area contributed by atoms with Crippen LogP contribution in [-0.4, -0.2) is 22.8 Å². The van der Waals surface area contributed by atoms with E-state index in [0.717, 1.165) is 31.6 Å². The van der Waals surface area contributed by atoms with Gasteiger partial charge in [-0.1, -0.05) is 26.8 Å². The Kier molecular flexibility index (Phi) is 4.46. The minimum absolute atomic E-state index is 0.130. The van der Waals surface area contributed by atoms with Crippen molar-refractivity contribution in [3.8, 4) is 5.88 Å². The molecule has 0 saturated heterocycles. The van der Waals surface area contributed by atoms with E-state index < -0.39 is 0 Å². The van der Waals surface area contributed by atoms with E-state index in [9.17, 15) is 0 Å². The molecule has 0 aromatic carbocycles. The Morgan fingerprint density at radius 2 is 1.89 bits per heavy atom. The summed E-state index contributed by atoms with van der Waals surface area (Å²) in [7, 11) is 0. The summed E-state index contributed by atoms with van der Waals surface area (Å²) in [5, 5.41) is 9.12. The highest BCUT2D eigenvalue weighted by atomic mass is 16.5. The Morgan fingerprint density at radius 1 is 1.21 bits per heavy atom. The zero-order valence-corrected chi connectivity index (χ0v) is 12.2. The summed E-state index contributed by atoms with van der Waals surface area (Å²) in [5.74, 6) is 1.19. The van der Waals surface area contributed by atoms with Crippen LogP contribution in [0.3, 0.4) is 0 Å². The van der Waals surface area contributed by atoms with Gasteiger partial charge in [0, 0.05) is 18.9 Å². The SMILES string of the molecule is CC(C)(C)c1ccc(OC2CCC(CO)CC2)nc1. The van der Waals surface area contributed by atoms with Crippen LogP contribution in [0, 0.1) is 5.92 Å². The molecule has 1 aromatic rings. The molecule has 1 heterocycles. The molecule has 106 valence electrons. The van der Waals surface area contributed by atoms with Crippen LogP contribution in [0.5, 0.6) is 5.88 Å². The quantitative estimate of drug-likeness (QED) is 0.909. The van der Waals surface area contributed by atoms with Gasteiger partial charge in [0.25, 0.3) is 0 Å². The summed E-state index contributed by atoms with van der Waals surface area (Å²) in [6.45, 7) is 6.85. The number of aliphatic hydroxyl groups excluding tert-OH is 1. The first-order valence-corrected chi connectivity index (χ1v) is 7.23. The van der Waals surface area contributed by atoms with Crippen molar-refractivity contribution in [2.45, 2.75) is 58.0 Å². The van der Waals surface area contributed by atoms with Crippen molar-refractivity contribution in [1.82, 2.24) is 4.98 Å². The molecule has 19 heavy (non-hydrogen) atoms. The van der Waals surface area contributed by atoms with Crippen molar-refractivity contribution in [3.63, 3.8) is 0 Å². The second-order valence-electron chi connectivity index (χ2n) is 6.58. The van der Waals surface area contributed by atoms with E-state index in [0.29, 0.717) is 12.5 Å². The van der Waals surface area contributed by atoms with Gasteiger partial charge in [-0.15, -0.1) is 0 Å². The Labute approximate surface area is 116 Å². The first-order valence-electron chi connectivity index (χ1n) is 7.23. The summed E-state index contributed by atoms with van der Waals surface area (Å²) in [5.41, 5.74) is 1.36. The molecular weight excluding hydrogens is 238 g/mol. The number of ether oxygens (including phenoxy) is 1. The van der Waals surface area contributed by atoms with Crippen molar-refractivity contribution < 1.29 is 9.84 Å². The van der Waals surface area contributed by atoms with E-state index in [1.807, 2.05) is 12.3 Å². The molecule has 0 radical (unpaired) electrons. The molecule has 3 heteroatoms. The van der Waals surface area contributed by atoms with E-state index in [4.69, 9.17) is 9.84 Å². The van der Waals surface area contributed by atoms with Crippen molar-refractivity contribution in [2.75, 3.05) is 6.61 Å². The molecule has 1 aromatic heterocycles. The summed E-state index contributed by atoms with van der Waals surface area (Å²) in [6.07, 6.45) is 6.33. The van der Waals surface area contributed by atoms with Crippen molar-refractivity contribution in [1.29, 1.82) is 0 Å². The van der Waals surface area contributed by atoms with Gasteiger partial charge in [-0.3, -0.25) is 0 Å². The third-order valence-electron chi connectivity index (χ3n) is 3.94. The fraction of sp³-hybridized carbons (Fsp3) is 0.688.